The summed E-state index contributed by atoms with van der Waals surface area (Å²) in [5.74, 6) is 0. The van der Waals surface area contributed by atoms with Gasteiger partial charge in [0, 0.05) is 38.3 Å². The standard InChI is InChI=1S/C17H26N4/c1-16(2,3)21-11-9-20(10-12-21)14-17(19,13-18)15-7-5-4-6-8-15/h4-8H,9-12,14,19H2,1-3H3. The van der Waals surface area contributed by atoms with Crippen LogP contribution in [0.1, 0.15) is 26.3 Å². The predicted molar refractivity (Wildman–Crippen MR) is 85.7 cm³/mol. The van der Waals surface area contributed by atoms with Crippen molar-refractivity contribution in [2.45, 2.75) is 31.8 Å². The van der Waals surface area contributed by atoms with Crippen molar-refractivity contribution in [2.75, 3.05) is 32.7 Å². The molecule has 1 unspecified atom stereocenters. The summed E-state index contributed by atoms with van der Waals surface area (Å²) in [5, 5.41) is 9.54. The third kappa shape index (κ3) is 3.82. The van der Waals surface area contributed by atoms with Crippen LogP contribution in [0.4, 0.5) is 0 Å². The Morgan fingerprint density at radius 2 is 1.67 bits per heavy atom. The molecule has 0 saturated carbocycles. The Morgan fingerprint density at radius 1 is 1.10 bits per heavy atom. The third-order valence-corrected chi connectivity index (χ3v) is 4.28. The molecule has 2 rings (SSSR count). The van der Waals surface area contributed by atoms with Crippen LogP contribution in [-0.2, 0) is 5.54 Å². The van der Waals surface area contributed by atoms with Gasteiger partial charge in [-0.25, -0.2) is 0 Å². The Kier molecular flexibility index (Phi) is 4.67. The second-order valence-electron chi connectivity index (χ2n) is 6.88. The van der Waals surface area contributed by atoms with E-state index >= 15 is 0 Å². The molecule has 0 aromatic heterocycles. The summed E-state index contributed by atoms with van der Waals surface area (Å²) >= 11 is 0. The van der Waals surface area contributed by atoms with E-state index in [0.717, 1.165) is 31.7 Å². The molecular weight excluding hydrogens is 260 g/mol. The lowest BCUT2D eigenvalue weighted by atomic mass is 9.91. The number of nitrogens with zero attached hydrogens (tertiary/aromatic N) is 3. The van der Waals surface area contributed by atoms with E-state index in [0.29, 0.717) is 6.54 Å². The van der Waals surface area contributed by atoms with Crippen LogP contribution in [-0.4, -0.2) is 48.1 Å². The van der Waals surface area contributed by atoms with E-state index in [2.05, 4.69) is 36.6 Å². The van der Waals surface area contributed by atoms with Gasteiger partial charge in [-0.1, -0.05) is 30.3 Å². The summed E-state index contributed by atoms with van der Waals surface area (Å²) in [4.78, 5) is 4.79. The monoisotopic (exact) mass is 286 g/mol. The number of piperazine rings is 1. The molecule has 114 valence electrons. The number of nitrogens with two attached hydrogens (primary N) is 1. The highest BCUT2D eigenvalue weighted by molar-refractivity contribution is 5.31. The Bertz CT molecular complexity index is 492. The smallest absolute Gasteiger partial charge is 0.142 e. The van der Waals surface area contributed by atoms with Crippen molar-refractivity contribution in [3.63, 3.8) is 0 Å². The normalized spacial score (nSPS) is 20.7. The third-order valence-electron chi connectivity index (χ3n) is 4.28. The van der Waals surface area contributed by atoms with E-state index in [1.807, 2.05) is 30.3 Å². The van der Waals surface area contributed by atoms with E-state index in [-0.39, 0.29) is 5.54 Å². The summed E-state index contributed by atoms with van der Waals surface area (Å²) in [5.41, 5.74) is 6.53. The Hall–Kier alpha value is -1.41. The largest absolute Gasteiger partial charge is 0.309 e. The van der Waals surface area contributed by atoms with Crippen molar-refractivity contribution in [3.05, 3.63) is 35.9 Å². The van der Waals surface area contributed by atoms with Crippen LogP contribution in [0.5, 0.6) is 0 Å². The lowest BCUT2D eigenvalue weighted by Gasteiger charge is -2.43. The van der Waals surface area contributed by atoms with Gasteiger partial charge in [-0.15, -0.1) is 0 Å². The zero-order valence-corrected chi connectivity index (χ0v) is 13.3. The molecule has 1 aliphatic heterocycles. The van der Waals surface area contributed by atoms with Gasteiger partial charge in [0.25, 0.3) is 0 Å². The van der Waals surface area contributed by atoms with Gasteiger partial charge in [0.1, 0.15) is 5.54 Å². The van der Waals surface area contributed by atoms with Crippen LogP contribution in [0.2, 0.25) is 0 Å². The molecule has 0 bridgehead atoms. The SMILES string of the molecule is CC(C)(C)N1CCN(CC(N)(C#N)c2ccccc2)CC1. The molecule has 1 aliphatic rings. The molecule has 1 fully saturated rings. The topological polar surface area (TPSA) is 56.3 Å². The number of rotatable bonds is 3. The number of hydrogen-bond acceptors (Lipinski definition) is 4. The van der Waals surface area contributed by atoms with Crippen molar-refractivity contribution in [1.29, 1.82) is 5.26 Å². The minimum atomic E-state index is -0.925. The molecule has 0 aliphatic carbocycles. The van der Waals surface area contributed by atoms with Crippen molar-refractivity contribution in [2.24, 2.45) is 5.73 Å². The first kappa shape index (κ1) is 16.0. The minimum absolute atomic E-state index is 0.209. The summed E-state index contributed by atoms with van der Waals surface area (Å²) in [7, 11) is 0. The Morgan fingerprint density at radius 3 is 2.14 bits per heavy atom. The molecular formula is C17H26N4. The second-order valence-corrected chi connectivity index (χ2v) is 6.88. The van der Waals surface area contributed by atoms with Crippen LogP contribution in [0, 0.1) is 11.3 Å². The zero-order valence-electron chi connectivity index (χ0n) is 13.3. The maximum atomic E-state index is 9.54. The second kappa shape index (κ2) is 6.15. The Labute approximate surface area is 128 Å². The van der Waals surface area contributed by atoms with Crippen molar-refractivity contribution in [3.8, 4) is 6.07 Å². The van der Waals surface area contributed by atoms with Gasteiger partial charge in [-0.05, 0) is 26.3 Å². The van der Waals surface area contributed by atoms with Gasteiger partial charge in [-0.2, -0.15) is 5.26 Å². The number of nitriles is 1. The molecule has 4 nitrogen and oxygen atoms in total. The molecule has 0 amide bonds. The molecule has 1 atom stereocenters. The zero-order chi connectivity index (χ0) is 15.5. The van der Waals surface area contributed by atoms with E-state index in [9.17, 15) is 5.26 Å². The molecule has 1 heterocycles. The highest BCUT2D eigenvalue weighted by Crippen LogP contribution is 2.21. The van der Waals surface area contributed by atoms with E-state index in [1.54, 1.807) is 0 Å². The lowest BCUT2D eigenvalue weighted by molar-refractivity contribution is 0.0559. The van der Waals surface area contributed by atoms with Crippen LogP contribution >= 0.6 is 0 Å². The predicted octanol–water partition coefficient (Wildman–Crippen LogP) is 1.78. The first-order valence-corrected chi connectivity index (χ1v) is 7.58. The lowest BCUT2D eigenvalue weighted by Crippen LogP contribution is -2.57. The summed E-state index contributed by atoms with van der Waals surface area (Å²) < 4.78 is 0. The van der Waals surface area contributed by atoms with Gasteiger partial charge >= 0.3 is 0 Å². The fourth-order valence-corrected chi connectivity index (χ4v) is 2.86. The van der Waals surface area contributed by atoms with E-state index < -0.39 is 5.54 Å². The fourth-order valence-electron chi connectivity index (χ4n) is 2.86. The Balaban J connectivity index is 2.01. The van der Waals surface area contributed by atoms with Crippen molar-refractivity contribution < 1.29 is 0 Å². The number of benzene rings is 1. The minimum Gasteiger partial charge on any atom is -0.309 e. The van der Waals surface area contributed by atoms with Crippen LogP contribution < -0.4 is 5.73 Å². The maximum Gasteiger partial charge on any atom is 0.142 e. The van der Waals surface area contributed by atoms with Gasteiger partial charge in [0.05, 0.1) is 6.07 Å². The van der Waals surface area contributed by atoms with Gasteiger partial charge in [0.15, 0.2) is 0 Å². The highest BCUT2D eigenvalue weighted by atomic mass is 15.3. The molecule has 0 spiro atoms. The fraction of sp³-hybridized carbons (Fsp3) is 0.588. The highest BCUT2D eigenvalue weighted by Gasteiger charge is 2.32. The maximum absolute atomic E-state index is 9.54. The molecule has 0 radical (unpaired) electrons. The molecule has 4 heteroatoms. The van der Waals surface area contributed by atoms with Crippen molar-refractivity contribution >= 4 is 0 Å². The molecule has 1 aromatic rings. The molecule has 1 saturated heterocycles. The van der Waals surface area contributed by atoms with E-state index in [4.69, 9.17) is 5.73 Å². The summed E-state index contributed by atoms with van der Waals surface area (Å²) in [6.45, 7) is 11.3. The van der Waals surface area contributed by atoms with Crippen LogP contribution in [0.25, 0.3) is 0 Å². The molecule has 21 heavy (non-hydrogen) atoms. The number of hydrogen-bond donors (Lipinski definition) is 1. The first-order valence-electron chi connectivity index (χ1n) is 7.58. The average Bonchev–Trinajstić information content (AvgIpc) is 2.47. The quantitative estimate of drug-likeness (QED) is 0.920. The first-order chi connectivity index (χ1) is 9.85. The van der Waals surface area contributed by atoms with Gasteiger partial charge in [0.2, 0.25) is 0 Å². The average molecular weight is 286 g/mol. The van der Waals surface area contributed by atoms with Crippen LogP contribution in [0.3, 0.4) is 0 Å². The van der Waals surface area contributed by atoms with Crippen LogP contribution in [0.15, 0.2) is 30.3 Å². The van der Waals surface area contributed by atoms with Gasteiger partial charge < -0.3 is 5.73 Å². The summed E-state index contributed by atoms with van der Waals surface area (Å²) in [6, 6.07) is 12.0. The molecule has 1 aromatic carbocycles. The molecule has 2 N–H and O–H groups in total. The van der Waals surface area contributed by atoms with Crippen molar-refractivity contribution in [1.82, 2.24) is 9.80 Å². The van der Waals surface area contributed by atoms with Gasteiger partial charge in [-0.3, -0.25) is 9.80 Å². The summed E-state index contributed by atoms with van der Waals surface area (Å²) in [6.07, 6.45) is 0. The van der Waals surface area contributed by atoms with E-state index in [1.165, 1.54) is 0 Å².